The minimum atomic E-state index is 0.105. The Bertz CT molecular complexity index is 471. The van der Waals surface area contributed by atoms with Crippen LogP contribution in [0.5, 0.6) is 5.75 Å². The van der Waals surface area contributed by atoms with Crippen LogP contribution in [0.3, 0.4) is 0 Å². The molecule has 0 radical (unpaired) electrons. The monoisotopic (exact) mass is 276 g/mol. The highest BCUT2D eigenvalue weighted by Crippen LogP contribution is 2.32. The second kappa shape index (κ2) is 5.69. The van der Waals surface area contributed by atoms with Crippen LogP contribution in [-0.4, -0.2) is 55.7 Å². The molecule has 4 rings (SSSR count). The van der Waals surface area contributed by atoms with Crippen molar-refractivity contribution in [3.05, 3.63) is 29.3 Å². The van der Waals surface area contributed by atoms with Crippen molar-refractivity contribution in [2.75, 3.05) is 39.8 Å². The van der Waals surface area contributed by atoms with Crippen LogP contribution in [0.2, 0.25) is 0 Å². The first kappa shape index (κ1) is 13.8. The lowest BCUT2D eigenvalue weighted by Crippen LogP contribution is -2.64. The van der Waals surface area contributed by atoms with Crippen LogP contribution in [0.25, 0.3) is 0 Å². The number of aryl methyl sites for hydroxylation is 1. The van der Waals surface area contributed by atoms with Gasteiger partial charge in [-0.05, 0) is 13.0 Å². The third-order valence-electron chi connectivity index (χ3n) is 4.61. The number of piperazine rings is 3. The summed E-state index contributed by atoms with van der Waals surface area (Å²) in [4.78, 5) is 5.07. The fraction of sp³-hybridized carbons (Fsp3) is 0.600. The third kappa shape index (κ3) is 2.42. The SMILES string of the molecule is COc1ccc(C)cc1C(NN)C1CN2CCN1CC2. The van der Waals surface area contributed by atoms with Crippen molar-refractivity contribution in [3.63, 3.8) is 0 Å². The van der Waals surface area contributed by atoms with Gasteiger partial charge in [0.1, 0.15) is 5.75 Å². The number of benzene rings is 1. The van der Waals surface area contributed by atoms with Crippen molar-refractivity contribution in [1.29, 1.82) is 0 Å². The Morgan fingerprint density at radius 2 is 2.05 bits per heavy atom. The van der Waals surface area contributed by atoms with E-state index in [0.717, 1.165) is 30.9 Å². The number of hydrogen-bond acceptors (Lipinski definition) is 5. The van der Waals surface area contributed by atoms with Crippen LogP contribution in [-0.2, 0) is 0 Å². The molecule has 20 heavy (non-hydrogen) atoms. The summed E-state index contributed by atoms with van der Waals surface area (Å²) >= 11 is 0. The highest BCUT2D eigenvalue weighted by Gasteiger charge is 2.37. The van der Waals surface area contributed by atoms with E-state index in [2.05, 4.69) is 34.3 Å². The summed E-state index contributed by atoms with van der Waals surface area (Å²) < 4.78 is 5.53. The van der Waals surface area contributed by atoms with Crippen LogP contribution in [0, 0.1) is 6.92 Å². The van der Waals surface area contributed by atoms with Crippen molar-refractivity contribution >= 4 is 0 Å². The normalized spacial score (nSPS) is 30.2. The summed E-state index contributed by atoms with van der Waals surface area (Å²) in [5.41, 5.74) is 5.42. The zero-order valence-electron chi connectivity index (χ0n) is 12.3. The molecule has 0 amide bonds. The molecule has 0 spiro atoms. The molecule has 2 bridgehead atoms. The molecule has 3 aliphatic heterocycles. The third-order valence-corrected chi connectivity index (χ3v) is 4.61. The average Bonchev–Trinajstić information content (AvgIpc) is 2.50. The van der Waals surface area contributed by atoms with E-state index in [9.17, 15) is 0 Å². The van der Waals surface area contributed by atoms with Gasteiger partial charge >= 0.3 is 0 Å². The predicted octanol–water partition coefficient (Wildman–Crippen LogP) is 0.508. The number of methoxy groups -OCH3 is 1. The fourth-order valence-electron chi connectivity index (χ4n) is 3.48. The van der Waals surface area contributed by atoms with Gasteiger partial charge in [0.25, 0.3) is 0 Å². The lowest BCUT2D eigenvalue weighted by atomic mass is 9.93. The van der Waals surface area contributed by atoms with Crippen molar-refractivity contribution in [2.24, 2.45) is 5.84 Å². The largest absolute Gasteiger partial charge is 0.496 e. The fourth-order valence-corrected chi connectivity index (χ4v) is 3.48. The Morgan fingerprint density at radius 1 is 1.30 bits per heavy atom. The maximum atomic E-state index is 5.89. The van der Waals surface area contributed by atoms with E-state index < -0.39 is 0 Å². The Balaban J connectivity index is 1.91. The number of nitrogens with one attached hydrogen (secondary N) is 1. The molecule has 2 unspecified atom stereocenters. The van der Waals surface area contributed by atoms with E-state index in [1.54, 1.807) is 7.11 Å². The average molecular weight is 276 g/mol. The van der Waals surface area contributed by atoms with Crippen LogP contribution in [0.4, 0.5) is 0 Å². The summed E-state index contributed by atoms with van der Waals surface area (Å²) in [7, 11) is 1.72. The number of rotatable bonds is 4. The summed E-state index contributed by atoms with van der Waals surface area (Å²) in [5, 5.41) is 0. The maximum Gasteiger partial charge on any atom is 0.123 e. The number of hydrazine groups is 1. The Labute approximate surface area is 120 Å². The second-order valence-corrected chi connectivity index (χ2v) is 5.79. The molecule has 2 atom stereocenters. The number of fused-ring (bicyclic) bond motifs is 3. The van der Waals surface area contributed by atoms with Gasteiger partial charge in [-0.25, -0.2) is 0 Å². The summed E-state index contributed by atoms with van der Waals surface area (Å²) in [5.74, 6) is 6.80. The lowest BCUT2D eigenvalue weighted by molar-refractivity contribution is -0.00401. The zero-order valence-corrected chi connectivity index (χ0v) is 12.3. The molecule has 110 valence electrons. The molecule has 5 nitrogen and oxygen atoms in total. The molecule has 3 saturated heterocycles. The first-order chi connectivity index (χ1) is 9.72. The molecule has 5 heteroatoms. The highest BCUT2D eigenvalue weighted by atomic mass is 16.5. The maximum absolute atomic E-state index is 5.89. The van der Waals surface area contributed by atoms with Crippen LogP contribution < -0.4 is 16.0 Å². The van der Waals surface area contributed by atoms with Crippen LogP contribution >= 0.6 is 0 Å². The van der Waals surface area contributed by atoms with Gasteiger partial charge in [-0.3, -0.25) is 21.1 Å². The van der Waals surface area contributed by atoms with Crippen LogP contribution in [0.15, 0.2) is 18.2 Å². The van der Waals surface area contributed by atoms with Crippen molar-refractivity contribution in [2.45, 2.75) is 19.0 Å². The molecule has 3 aliphatic rings. The molecule has 1 aromatic rings. The van der Waals surface area contributed by atoms with Crippen molar-refractivity contribution in [3.8, 4) is 5.75 Å². The highest BCUT2D eigenvalue weighted by molar-refractivity contribution is 5.40. The molecule has 3 heterocycles. The van der Waals surface area contributed by atoms with Crippen molar-refractivity contribution < 1.29 is 4.74 Å². The van der Waals surface area contributed by atoms with Gasteiger partial charge in [0.05, 0.1) is 13.2 Å². The number of hydrogen-bond donors (Lipinski definition) is 2. The summed E-state index contributed by atoms with van der Waals surface area (Å²) in [6.45, 7) is 7.81. The van der Waals surface area contributed by atoms with Gasteiger partial charge in [0, 0.05) is 44.3 Å². The Kier molecular flexibility index (Phi) is 3.94. The minimum absolute atomic E-state index is 0.105. The lowest BCUT2D eigenvalue weighted by Gasteiger charge is -2.50. The topological polar surface area (TPSA) is 53.8 Å². The Hall–Kier alpha value is -1.14. The second-order valence-electron chi connectivity index (χ2n) is 5.79. The van der Waals surface area contributed by atoms with Gasteiger partial charge in [0.15, 0.2) is 0 Å². The van der Waals surface area contributed by atoms with Gasteiger partial charge in [-0.1, -0.05) is 17.7 Å². The van der Waals surface area contributed by atoms with E-state index in [1.165, 1.54) is 18.7 Å². The predicted molar refractivity (Wildman–Crippen MR) is 79.6 cm³/mol. The van der Waals surface area contributed by atoms with E-state index in [-0.39, 0.29) is 6.04 Å². The number of ether oxygens (including phenoxy) is 1. The van der Waals surface area contributed by atoms with E-state index in [1.807, 2.05) is 6.07 Å². The molecule has 1 aromatic carbocycles. The molecule has 3 fully saturated rings. The molecule has 0 aliphatic carbocycles. The van der Waals surface area contributed by atoms with Gasteiger partial charge in [0.2, 0.25) is 0 Å². The molecule has 0 saturated carbocycles. The molecule has 3 N–H and O–H groups in total. The first-order valence-electron chi connectivity index (χ1n) is 7.30. The molecule has 0 aromatic heterocycles. The Morgan fingerprint density at radius 3 is 2.60 bits per heavy atom. The summed E-state index contributed by atoms with van der Waals surface area (Å²) in [6.07, 6.45) is 0. The molecular formula is C15H24N4O. The number of nitrogens with zero attached hydrogens (tertiary/aromatic N) is 2. The van der Waals surface area contributed by atoms with Gasteiger partial charge in [-0.15, -0.1) is 0 Å². The van der Waals surface area contributed by atoms with Crippen molar-refractivity contribution in [1.82, 2.24) is 15.2 Å². The smallest absolute Gasteiger partial charge is 0.123 e. The van der Waals surface area contributed by atoms with Crippen LogP contribution in [0.1, 0.15) is 17.2 Å². The van der Waals surface area contributed by atoms with Gasteiger partial charge < -0.3 is 4.74 Å². The van der Waals surface area contributed by atoms with E-state index in [4.69, 9.17) is 10.6 Å². The molecular weight excluding hydrogens is 252 g/mol. The summed E-state index contributed by atoms with van der Waals surface area (Å²) in [6, 6.07) is 6.81. The number of nitrogens with two attached hydrogens (primary N) is 1. The van der Waals surface area contributed by atoms with Gasteiger partial charge in [-0.2, -0.15) is 0 Å². The standard InChI is InChI=1S/C15H24N4O/c1-11-3-4-14(20-2)12(9-11)15(17-16)13-10-18-5-7-19(13)8-6-18/h3-4,9,13,15,17H,5-8,10,16H2,1-2H3. The minimum Gasteiger partial charge on any atom is -0.496 e. The zero-order chi connectivity index (χ0) is 14.1. The first-order valence-corrected chi connectivity index (χ1v) is 7.30. The van der Waals surface area contributed by atoms with E-state index >= 15 is 0 Å². The quantitative estimate of drug-likeness (QED) is 0.620. The van der Waals surface area contributed by atoms with E-state index in [0.29, 0.717) is 6.04 Å².